The average molecular weight is 522 g/mol. The number of carboxylic acid groups (broad SMARTS) is 2. The van der Waals surface area contributed by atoms with E-state index in [1.165, 1.54) is 51.9 Å². The van der Waals surface area contributed by atoms with Crippen LogP contribution >= 0.6 is 0 Å². The number of hydrogen-bond donors (Lipinski definition) is 2. The van der Waals surface area contributed by atoms with Gasteiger partial charge in [-0.25, -0.2) is 9.59 Å². The highest BCUT2D eigenvalue weighted by atomic mass is 19.4. The SMILES string of the molecule is C=CCO[C@@H]1CC[C@H]2[C@H]1OCCN2CCN1CCCCC1.O=C(O)C(F)(F)F.O=C(O)C(F)(F)F. The molecule has 3 aliphatic rings. The van der Waals surface area contributed by atoms with E-state index in [0.29, 0.717) is 12.6 Å². The third-order valence-corrected chi connectivity index (χ3v) is 5.72. The summed E-state index contributed by atoms with van der Waals surface area (Å²) in [5.41, 5.74) is 0. The first-order valence-electron chi connectivity index (χ1n) is 11.2. The molecule has 8 nitrogen and oxygen atoms in total. The molecule has 2 N–H and O–H groups in total. The Balaban J connectivity index is 0.000000362. The van der Waals surface area contributed by atoms with E-state index < -0.39 is 24.3 Å². The van der Waals surface area contributed by atoms with Crippen LogP contribution in [-0.4, -0.2) is 108 Å². The van der Waals surface area contributed by atoms with E-state index in [1.807, 2.05) is 6.08 Å². The minimum atomic E-state index is -5.08. The maximum absolute atomic E-state index is 10.6. The molecule has 1 saturated carbocycles. The Hall–Kier alpha value is -1.90. The number of fused-ring (bicyclic) bond motifs is 1. The van der Waals surface area contributed by atoms with Gasteiger partial charge in [0.15, 0.2) is 0 Å². The highest BCUT2D eigenvalue weighted by Crippen LogP contribution is 2.32. The predicted octanol–water partition coefficient (Wildman–Crippen LogP) is 3.17. The Kier molecular flexibility index (Phi) is 13.0. The first-order chi connectivity index (χ1) is 16.3. The van der Waals surface area contributed by atoms with Crippen LogP contribution in [-0.2, 0) is 19.1 Å². The number of aliphatic carboxylic acids is 2. The lowest BCUT2D eigenvalue weighted by atomic mass is 10.1. The van der Waals surface area contributed by atoms with Crippen molar-refractivity contribution in [1.82, 2.24) is 9.80 Å². The lowest BCUT2D eigenvalue weighted by Crippen LogP contribution is -2.53. The molecule has 0 bridgehead atoms. The first-order valence-corrected chi connectivity index (χ1v) is 11.2. The summed E-state index contributed by atoms with van der Waals surface area (Å²) in [6.07, 6.45) is -1.26. The number of halogens is 6. The number of nitrogens with zero attached hydrogens (tertiary/aromatic N) is 2. The summed E-state index contributed by atoms with van der Waals surface area (Å²) in [6.45, 7) is 11.3. The number of likely N-dealkylation sites (tertiary alicyclic amines) is 1. The molecule has 0 aromatic heterocycles. The number of ether oxygens (including phenoxy) is 2. The lowest BCUT2D eigenvalue weighted by molar-refractivity contribution is -0.193. The molecule has 0 radical (unpaired) electrons. The number of rotatable bonds is 6. The fourth-order valence-corrected chi connectivity index (χ4v) is 4.09. The molecule has 204 valence electrons. The second kappa shape index (κ2) is 14.6. The van der Waals surface area contributed by atoms with Gasteiger partial charge in [0.25, 0.3) is 0 Å². The molecule has 0 aromatic carbocycles. The summed E-state index contributed by atoms with van der Waals surface area (Å²) in [5, 5.41) is 14.2. The molecule has 1 aliphatic carbocycles. The largest absolute Gasteiger partial charge is 0.490 e. The van der Waals surface area contributed by atoms with Crippen LogP contribution in [0.4, 0.5) is 26.3 Å². The fraction of sp³-hybridized carbons (Fsp3) is 0.810. The summed E-state index contributed by atoms with van der Waals surface area (Å²) in [5.74, 6) is -5.51. The van der Waals surface area contributed by atoms with Crippen LogP contribution in [0.2, 0.25) is 0 Å². The van der Waals surface area contributed by atoms with E-state index in [0.717, 1.165) is 19.6 Å². The quantitative estimate of drug-likeness (QED) is 0.406. The Morgan fingerprint density at radius 2 is 1.49 bits per heavy atom. The van der Waals surface area contributed by atoms with Crippen molar-refractivity contribution in [3.8, 4) is 0 Å². The number of hydrogen-bond acceptors (Lipinski definition) is 6. The van der Waals surface area contributed by atoms with Gasteiger partial charge in [0, 0.05) is 25.7 Å². The molecule has 0 unspecified atom stereocenters. The molecular weight excluding hydrogens is 490 g/mol. The molecular formula is C21H32F6N2O6. The molecule has 3 atom stereocenters. The molecule has 2 aliphatic heterocycles. The molecule has 14 heteroatoms. The predicted molar refractivity (Wildman–Crippen MR) is 112 cm³/mol. The van der Waals surface area contributed by atoms with Crippen LogP contribution in [0, 0.1) is 0 Å². The molecule has 2 saturated heterocycles. The number of carboxylic acids is 2. The van der Waals surface area contributed by atoms with Crippen molar-refractivity contribution >= 4 is 11.9 Å². The molecule has 35 heavy (non-hydrogen) atoms. The van der Waals surface area contributed by atoms with E-state index >= 15 is 0 Å². The third kappa shape index (κ3) is 11.6. The van der Waals surface area contributed by atoms with Crippen LogP contribution < -0.4 is 0 Å². The van der Waals surface area contributed by atoms with E-state index in [2.05, 4.69) is 16.4 Å². The van der Waals surface area contributed by atoms with Crippen LogP contribution in [0.25, 0.3) is 0 Å². The summed E-state index contributed by atoms with van der Waals surface area (Å²) >= 11 is 0. The number of morpholine rings is 1. The Bertz CT molecular complexity index is 646. The zero-order chi connectivity index (χ0) is 26.6. The molecule has 0 spiro atoms. The maximum Gasteiger partial charge on any atom is 0.490 e. The maximum atomic E-state index is 10.6. The van der Waals surface area contributed by atoms with Crippen LogP contribution in [0.3, 0.4) is 0 Å². The van der Waals surface area contributed by atoms with Gasteiger partial charge in [-0.3, -0.25) is 4.90 Å². The van der Waals surface area contributed by atoms with Gasteiger partial charge in [0.05, 0.1) is 25.4 Å². The average Bonchev–Trinajstić information content (AvgIpc) is 3.20. The Morgan fingerprint density at radius 3 is 1.97 bits per heavy atom. The van der Waals surface area contributed by atoms with Crippen molar-refractivity contribution < 1.29 is 55.6 Å². The van der Waals surface area contributed by atoms with Crippen LogP contribution in [0.5, 0.6) is 0 Å². The highest BCUT2D eigenvalue weighted by molar-refractivity contribution is 5.73. The lowest BCUT2D eigenvalue weighted by Gasteiger charge is -2.40. The van der Waals surface area contributed by atoms with Crippen molar-refractivity contribution in [2.75, 3.05) is 45.9 Å². The summed E-state index contributed by atoms with van der Waals surface area (Å²) in [4.78, 5) is 23.1. The topological polar surface area (TPSA) is 99.5 Å². The van der Waals surface area contributed by atoms with Gasteiger partial charge in [-0.15, -0.1) is 6.58 Å². The van der Waals surface area contributed by atoms with Gasteiger partial charge >= 0.3 is 24.3 Å². The van der Waals surface area contributed by atoms with Gasteiger partial charge in [0.2, 0.25) is 0 Å². The second-order valence-corrected chi connectivity index (χ2v) is 8.18. The Labute approximate surface area is 199 Å². The molecule has 0 aromatic rings. The number of alkyl halides is 6. The molecule has 3 fully saturated rings. The summed E-state index contributed by atoms with van der Waals surface area (Å²) in [7, 11) is 0. The van der Waals surface area contributed by atoms with Gasteiger partial charge in [-0.2, -0.15) is 26.3 Å². The highest BCUT2D eigenvalue weighted by Gasteiger charge is 2.43. The number of piperidine rings is 1. The summed E-state index contributed by atoms with van der Waals surface area (Å²) < 4.78 is 75.4. The fourth-order valence-electron chi connectivity index (χ4n) is 4.09. The van der Waals surface area contributed by atoms with Crippen LogP contribution in [0.15, 0.2) is 12.7 Å². The second-order valence-electron chi connectivity index (χ2n) is 8.18. The van der Waals surface area contributed by atoms with Gasteiger partial charge in [0.1, 0.15) is 0 Å². The normalized spacial score (nSPS) is 25.4. The van der Waals surface area contributed by atoms with Gasteiger partial charge < -0.3 is 24.6 Å². The van der Waals surface area contributed by atoms with E-state index in [4.69, 9.17) is 29.3 Å². The van der Waals surface area contributed by atoms with Crippen LogP contribution in [0.1, 0.15) is 32.1 Å². The van der Waals surface area contributed by atoms with Crippen molar-refractivity contribution in [1.29, 1.82) is 0 Å². The van der Waals surface area contributed by atoms with Crippen molar-refractivity contribution in [3.05, 3.63) is 12.7 Å². The first kappa shape index (κ1) is 31.1. The zero-order valence-corrected chi connectivity index (χ0v) is 19.2. The monoisotopic (exact) mass is 522 g/mol. The molecule has 3 rings (SSSR count). The van der Waals surface area contributed by atoms with Gasteiger partial charge in [-0.05, 0) is 38.8 Å². The molecule has 0 amide bonds. The van der Waals surface area contributed by atoms with Crippen molar-refractivity contribution in [2.24, 2.45) is 0 Å². The van der Waals surface area contributed by atoms with E-state index in [9.17, 15) is 26.3 Å². The standard InChI is InChI=1S/C17H30N2O2.2C2HF3O2/c1-2-13-20-16-7-6-15-17(16)21-14-12-19(15)11-10-18-8-4-3-5-9-18;2*3-2(4,5)1(6)7/h2,15-17H,1,3-14H2;2*(H,6,7)/t15-,16+,17+;;/m0../s1. The van der Waals surface area contributed by atoms with E-state index in [-0.39, 0.29) is 12.2 Å². The number of carbonyl (C=O) groups is 2. The minimum absolute atomic E-state index is 0.269. The van der Waals surface area contributed by atoms with Crippen molar-refractivity contribution in [3.63, 3.8) is 0 Å². The smallest absolute Gasteiger partial charge is 0.475 e. The zero-order valence-electron chi connectivity index (χ0n) is 19.2. The molecule has 2 heterocycles. The Morgan fingerprint density at radius 1 is 0.943 bits per heavy atom. The van der Waals surface area contributed by atoms with E-state index in [1.54, 1.807) is 0 Å². The van der Waals surface area contributed by atoms with Gasteiger partial charge in [-0.1, -0.05) is 12.5 Å². The van der Waals surface area contributed by atoms with Crippen molar-refractivity contribution in [2.45, 2.75) is 62.7 Å². The third-order valence-electron chi connectivity index (χ3n) is 5.72. The minimum Gasteiger partial charge on any atom is -0.475 e. The summed E-state index contributed by atoms with van der Waals surface area (Å²) in [6, 6.07) is 0.568.